The molecule has 1 heterocycles. The molecule has 0 amide bonds. The second-order valence-electron chi connectivity index (χ2n) is 5.33. The summed E-state index contributed by atoms with van der Waals surface area (Å²) in [6.07, 6.45) is 5.12. The molecule has 0 bridgehead atoms. The molecule has 0 spiro atoms. The van der Waals surface area contributed by atoms with Gasteiger partial charge in [0.1, 0.15) is 10.8 Å². The SMILES string of the molecule is NCC1(c2cc3c(c(Cl)c2F)OCO3)CCCCC1. The second-order valence-corrected chi connectivity index (χ2v) is 5.71. The van der Waals surface area contributed by atoms with Gasteiger partial charge >= 0.3 is 0 Å². The van der Waals surface area contributed by atoms with Gasteiger partial charge in [0.25, 0.3) is 0 Å². The van der Waals surface area contributed by atoms with Crippen LogP contribution in [0.2, 0.25) is 5.02 Å². The standard InChI is InChI=1S/C14H17ClFNO2/c15-11-12(16)9(6-10-13(11)19-8-18-10)14(7-17)4-2-1-3-5-14/h6H,1-5,7-8,17H2. The maximum absolute atomic E-state index is 14.6. The van der Waals surface area contributed by atoms with Gasteiger partial charge in [-0.15, -0.1) is 0 Å². The lowest BCUT2D eigenvalue weighted by Crippen LogP contribution is -2.38. The lowest BCUT2D eigenvalue weighted by atomic mass is 9.69. The summed E-state index contributed by atoms with van der Waals surface area (Å²) < 4.78 is 25.1. The highest BCUT2D eigenvalue weighted by Gasteiger charge is 2.38. The van der Waals surface area contributed by atoms with E-state index in [2.05, 4.69) is 0 Å². The first-order valence-corrected chi connectivity index (χ1v) is 7.04. The highest BCUT2D eigenvalue weighted by atomic mass is 35.5. The van der Waals surface area contributed by atoms with Crippen LogP contribution in [0.5, 0.6) is 11.5 Å². The predicted molar refractivity (Wildman–Crippen MR) is 71.4 cm³/mol. The minimum absolute atomic E-state index is 0.0170. The average molecular weight is 286 g/mol. The number of ether oxygens (including phenoxy) is 2. The van der Waals surface area contributed by atoms with Crippen molar-refractivity contribution in [2.45, 2.75) is 37.5 Å². The minimum Gasteiger partial charge on any atom is -0.454 e. The monoisotopic (exact) mass is 285 g/mol. The minimum atomic E-state index is -0.404. The van der Waals surface area contributed by atoms with Crippen molar-refractivity contribution in [1.82, 2.24) is 0 Å². The molecule has 0 unspecified atom stereocenters. The molecule has 0 saturated heterocycles. The number of fused-ring (bicyclic) bond motifs is 1. The molecule has 3 nitrogen and oxygen atoms in total. The van der Waals surface area contributed by atoms with Crippen molar-refractivity contribution < 1.29 is 13.9 Å². The van der Waals surface area contributed by atoms with E-state index in [9.17, 15) is 4.39 Å². The largest absolute Gasteiger partial charge is 0.454 e. The molecule has 2 aliphatic rings. The van der Waals surface area contributed by atoms with Gasteiger partial charge in [-0.25, -0.2) is 4.39 Å². The van der Waals surface area contributed by atoms with E-state index in [-0.39, 0.29) is 17.2 Å². The number of hydrogen-bond donors (Lipinski definition) is 1. The van der Waals surface area contributed by atoms with Crippen molar-refractivity contribution in [2.75, 3.05) is 13.3 Å². The molecule has 1 saturated carbocycles. The van der Waals surface area contributed by atoms with Crippen LogP contribution in [0.25, 0.3) is 0 Å². The quantitative estimate of drug-likeness (QED) is 0.906. The average Bonchev–Trinajstić information content (AvgIpc) is 2.92. The van der Waals surface area contributed by atoms with Crippen LogP contribution in [0, 0.1) is 5.82 Å². The first kappa shape index (κ1) is 13.0. The molecule has 0 radical (unpaired) electrons. The molecule has 1 aromatic rings. The summed E-state index contributed by atoms with van der Waals surface area (Å²) >= 11 is 6.06. The Kier molecular flexibility index (Phi) is 3.31. The summed E-state index contributed by atoms with van der Waals surface area (Å²) in [5.74, 6) is 0.434. The summed E-state index contributed by atoms with van der Waals surface area (Å²) in [7, 11) is 0. The smallest absolute Gasteiger partial charge is 0.231 e. The summed E-state index contributed by atoms with van der Waals surface area (Å²) in [5.41, 5.74) is 6.23. The zero-order valence-electron chi connectivity index (χ0n) is 10.7. The van der Waals surface area contributed by atoms with Gasteiger partial charge in [0.2, 0.25) is 6.79 Å². The molecule has 0 aromatic heterocycles. The Hall–Kier alpha value is -1.00. The van der Waals surface area contributed by atoms with Crippen LogP contribution in [0.4, 0.5) is 4.39 Å². The van der Waals surface area contributed by atoms with Crippen LogP contribution in [0.3, 0.4) is 0 Å². The lowest BCUT2D eigenvalue weighted by molar-refractivity contribution is 0.173. The Labute approximate surface area is 116 Å². The summed E-state index contributed by atoms with van der Waals surface area (Å²) in [6, 6.07) is 1.72. The predicted octanol–water partition coefficient (Wildman–Crippen LogP) is 3.37. The molecule has 1 aromatic carbocycles. The van der Waals surface area contributed by atoms with E-state index < -0.39 is 5.82 Å². The third-order valence-electron chi connectivity index (χ3n) is 4.32. The zero-order valence-corrected chi connectivity index (χ0v) is 11.4. The highest BCUT2D eigenvalue weighted by molar-refractivity contribution is 6.32. The van der Waals surface area contributed by atoms with E-state index >= 15 is 0 Å². The van der Waals surface area contributed by atoms with Gasteiger partial charge in [0, 0.05) is 17.5 Å². The van der Waals surface area contributed by atoms with Crippen LogP contribution >= 0.6 is 11.6 Å². The Morgan fingerprint density at radius 3 is 2.68 bits per heavy atom. The number of nitrogens with two attached hydrogens (primary N) is 1. The second kappa shape index (κ2) is 4.84. The van der Waals surface area contributed by atoms with E-state index in [0.717, 1.165) is 25.7 Å². The summed E-state index contributed by atoms with van der Waals surface area (Å²) in [5, 5.41) is 0.0170. The molecular formula is C14H17ClFNO2. The normalized spacial score (nSPS) is 20.6. The van der Waals surface area contributed by atoms with Gasteiger partial charge in [-0.1, -0.05) is 30.9 Å². The van der Waals surface area contributed by atoms with Crippen molar-refractivity contribution in [3.05, 3.63) is 22.5 Å². The van der Waals surface area contributed by atoms with E-state index in [1.165, 1.54) is 6.42 Å². The molecule has 19 heavy (non-hydrogen) atoms. The molecule has 5 heteroatoms. The number of rotatable bonds is 2. The fraction of sp³-hybridized carbons (Fsp3) is 0.571. The molecule has 1 aliphatic carbocycles. The summed E-state index contributed by atoms with van der Waals surface area (Å²) in [6.45, 7) is 0.521. The molecular weight excluding hydrogens is 269 g/mol. The Balaban J connectivity index is 2.11. The topological polar surface area (TPSA) is 44.5 Å². The van der Waals surface area contributed by atoms with Gasteiger partial charge in [-0.2, -0.15) is 0 Å². The van der Waals surface area contributed by atoms with Crippen molar-refractivity contribution in [3.63, 3.8) is 0 Å². The van der Waals surface area contributed by atoms with Gasteiger partial charge in [0.05, 0.1) is 0 Å². The maximum Gasteiger partial charge on any atom is 0.231 e. The highest BCUT2D eigenvalue weighted by Crippen LogP contribution is 2.48. The lowest BCUT2D eigenvalue weighted by Gasteiger charge is -2.37. The first-order chi connectivity index (χ1) is 9.18. The third kappa shape index (κ3) is 1.98. The Morgan fingerprint density at radius 2 is 2.00 bits per heavy atom. The molecule has 1 aliphatic heterocycles. The molecule has 0 atom stereocenters. The van der Waals surface area contributed by atoms with E-state index in [0.29, 0.717) is 23.6 Å². The molecule has 104 valence electrons. The Bertz CT molecular complexity index is 501. The molecule has 1 fully saturated rings. The van der Waals surface area contributed by atoms with Gasteiger partial charge in [-0.05, 0) is 18.9 Å². The third-order valence-corrected chi connectivity index (χ3v) is 4.66. The van der Waals surface area contributed by atoms with E-state index in [4.69, 9.17) is 26.8 Å². The number of hydrogen-bond acceptors (Lipinski definition) is 3. The van der Waals surface area contributed by atoms with Gasteiger partial charge < -0.3 is 15.2 Å². The van der Waals surface area contributed by atoms with E-state index in [1.807, 2.05) is 0 Å². The fourth-order valence-corrected chi connectivity index (χ4v) is 3.43. The summed E-state index contributed by atoms with van der Waals surface area (Å²) in [4.78, 5) is 0. The number of benzene rings is 1. The van der Waals surface area contributed by atoms with Gasteiger partial charge in [0.15, 0.2) is 11.5 Å². The molecule has 3 rings (SSSR count). The molecule has 2 N–H and O–H groups in total. The Morgan fingerprint density at radius 1 is 1.26 bits per heavy atom. The fourth-order valence-electron chi connectivity index (χ4n) is 3.18. The van der Waals surface area contributed by atoms with Crippen molar-refractivity contribution in [2.24, 2.45) is 5.73 Å². The van der Waals surface area contributed by atoms with Gasteiger partial charge in [-0.3, -0.25) is 0 Å². The number of halogens is 2. The van der Waals surface area contributed by atoms with Crippen LogP contribution < -0.4 is 15.2 Å². The van der Waals surface area contributed by atoms with Crippen molar-refractivity contribution in [3.8, 4) is 11.5 Å². The maximum atomic E-state index is 14.6. The van der Waals surface area contributed by atoms with E-state index in [1.54, 1.807) is 6.07 Å². The van der Waals surface area contributed by atoms with Crippen LogP contribution in [-0.4, -0.2) is 13.3 Å². The first-order valence-electron chi connectivity index (χ1n) is 6.66. The van der Waals surface area contributed by atoms with Crippen LogP contribution in [0.15, 0.2) is 6.07 Å². The van der Waals surface area contributed by atoms with Crippen molar-refractivity contribution >= 4 is 11.6 Å². The van der Waals surface area contributed by atoms with Crippen LogP contribution in [-0.2, 0) is 5.41 Å². The van der Waals surface area contributed by atoms with Crippen molar-refractivity contribution in [1.29, 1.82) is 0 Å². The zero-order chi connectivity index (χ0) is 13.5. The van der Waals surface area contributed by atoms with Crippen LogP contribution in [0.1, 0.15) is 37.7 Å².